The van der Waals surface area contributed by atoms with Crippen molar-refractivity contribution in [3.63, 3.8) is 0 Å². The van der Waals surface area contributed by atoms with Crippen LogP contribution in [0.2, 0.25) is 0 Å². The number of hydrogen-bond donors (Lipinski definition) is 1. The van der Waals surface area contributed by atoms with Gasteiger partial charge in [0.25, 0.3) is 0 Å². The molecule has 0 unspecified atom stereocenters. The Bertz CT molecular complexity index is 506. The van der Waals surface area contributed by atoms with E-state index in [-0.39, 0.29) is 0 Å². The number of carbonyl (C=O) groups excluding carboxylic acids is 1. The fraction of sp³-hybridized carbons (Fsp3) is 0.611. The third-order valence-corrected chi connectivity index (χ3v) is 5.32. The fourth-order valence-electron chi connectivity index (χ4n) is 3.80. The highest BCUT2D eigenvalue weighted by molar-refractivity contribution is 5.76. The highest BCUT2D eigenvalue weighted by Crippen LogP contribution is 2.38. The normalized spacial score (nSPS) is 20.9. The van der Waals surface area contributed by atoms with E-state index in [0.29, 0.717) is 17.7 Å². The van der Waals surface area contributed by atoms with E-state index in [2.05, 4.69) is 41.4 Å². The molecule has 2 aliphatic heterocycles. The van der Waals surface area contributed by atoms with Crippen LogP contribution in [0.15, 0.2) is 24.3 Å². The molecule has 2 fully saturated rings. The summed E-state index contributed by atoms with van der Waals surface area (Å²) < 4.78 is 0. The predicted molar refractivity (Wildman–Crippen MR) is 85.2 cm³/mol. The third-order valence-electron chi connectivity index (χ3n) is 5.32. The van der Waals surface area contributed by atoms with Crippen molar-refractivity contribution in [2.24, 2.45) is 5.41 Å². The Labute approximate surface area is 127 Å². The maximum Gasteiger partial charge on any atom is 0.222 e. The molecular weight excluding hydrogens is 260 g/mol. The number of piperidine rings is 1. The first-order chi connectivity index (χ1) is 10.2. The van der Waals surface area contributed by atoms with E-state index >= 15 is 0 Å². The van der Waals surface area contributed by atoms with Gasteiger partial charge in [0.15, 0.2) is 0 Å². The summed E-state index contributed by atoms with van der Waals surface area (Å²) in [5.41, 5.74) is 3.02. The number of likely N-dealkylation sites (tertiary alicyclic amines) is 1. The number of aryl methyl sites for hydroxylation is 2. The Morgan fingerprint density at radius 3 is 2.76 bits per heavy atom. The second kappa shape index (κ2) is 6.18. The Kier molecular flexibility index (Phi) is 4.29. The average molecular weight is 286 g/mol. The summed E-state index contributed by atoms with van der Waals surface area (Å²) >= 11 is 0. The average Bonchev–Trinajstić information content (AvgIpc) is 2.90. The summed E-state index contributed by atoms with van der Waals surface area (Å²) in [6.45, 7) is 6.31. The minimum Gasteiger partial charge on any atom is -0.342 e. The lowest BCUT2D eigenvalue weighted by molar-refractivity contribution is -0.130. The smallest absolute Gasteiger partial charge is 0.222 e. The second-order valence-electron chi connectivity index (χ2n) is 6.74. The molecule has 1 aromatic rings. The van der Waals surface area contributed by atoms with Crippen molar-refractivity contribution < 1.29 is 4.79 Å². The highest BCUT2D eigenvalue weighted by atomic mass is 16.2. The maximum atomic E-state index is 12.5. The van der Waals surface area contributed by atoms with Gasteiger partial charge in [-0.15, -0.1) is 0 Å². The number of benzene rings is 1. The van der Waals surface area contributed by atoms with E-state index in [9.17, 15) is 4.79 Å². The van der Waals surface area contributed by atoms with Crippen LogP contribution in [0, 0.1) is 12.3 Å². The molecule has 0 radical (unpaired) electrons. The molecule has 3 heteroatoms. The highest BCUT2D eigenvalue weighted by Gasteiger charge is 2.40. The van der Waals surface area contributed by atoms with E-state index < -0.39 is 0 Å². The lowest BCUT2D eigenvalue weighted by Crippen LogP contribution is -2.39. The molecule has 1 amide bonds. The van der Waals surface area contributed by atoms with E-state index in [0.717, 1.165) is 32.6 Å². The first-order valence-corrected chi connectivity index (χ1v) is 8.22. The number of amides is 1. The van der Waals surface area contributed by atoms with Crippen molar-refractivity contribution in [3.8, 4) is 0 Å². The number of hydrogen-bond acceptors (Lipinski definition) is 2. The van der Waals surface area contributed by atoms with Gasteiger partial charge in [0.05, 0.1) is 0 Å². The standard InChI is InChI=1S/C18H26N2O/c1-15-4-2-3-5-16(15)6-7-17(21)20-13-10-18(14-20)8-11-19-12-9-18/h2-5,19H,6-14H2,1H3. The summed E-state index contributed by atoms with van der Waals surface area (Å²) in [5, 5.41) is 3.43. The molecule has 1 N–H and O–H groups in total. The molecule has 0 saturated carbocycles. The maximum absolute atomic E-state index is 12.5. The number of nitrogens with zero attached hydrogens (tertiary/aromatic N) is 1. The van der Waals surface area contributed by atoms with Gasteiger partial charge in [0, 0.05) is 19.5 Å². The van der Waals surface area contributed by atoms with Gasteiger partial charge in [-0.25, -0.2) is 0 Å². The van der Waals surface area contributed by atoms with Crippen LogP contribution in [0.5, 0.6) is 0 Å². The summed E-state index contributed by atoms with van der Waals surface area (Å²) in [7, 11) is 0. The van der Waals surface area contributed by atoms with Crippen molar-refractivity contribution in [2.75, 3.05) is 26.2 Å². The van der Waals surface area contributed by atoms with Crippen molar-refractivity contribution >= 4 is 5.91 Å². The first kappa shape index (κ1) is 14.6. The van der Waals surface area contributed by atoms with Crippen molar-refractivity contribution in [1.82, 2.24) is 10.2 Å². The molecule has 0 atom stereocenters. The molecule has 3 rings (SSSR count). The molecule has 114 valence electrons. The van der Waals surface area contributed by atoms with Crippen LogP contribution in [-0.2, 0) is 11.2 Å². The topological polar surface area (TPSA) is 32.3 Å². The van der Waals surface area contributed by atoms with E-state index in [1.54, 1.807) is 0 Å². The summed E-state index contributed by atoms with van der Waals surface area (Å²) in [5.74, 6) is 0.341. The zero-order chi connectivity index (χ0) is 14.7. The van der Waals surface area contributed by atoms with Gasteiger partial charge in [0.1, 0.15) is 0 Å². The van der Waals surface area contributed by atoms with Gasteiger partial charge in [-0.3, -0.25) is 4.79 Å². The van der Waals surface area contributed by atoms with Gasteiger partial charge in [-0.1, -0.05) is 24.3 Å². The number of rotatable bonds is 3. The molecule has 0 bridgehead atoms. The summed E-state index contributed by atoms with van der Waals surface area (Å²) in [6, 6.07) is 8.38. The fourth-order valence-corrected chi connectivity index (χ4v) is 3.80. The van der Waals surface area contributed by atoms with Crippen LogP contribution in [-0.4, -0.2) is 37.0 Å². The van der Waals surface area contributed by atoms with Gasteiger partial charge < -0.3 is 10.2 Å². The zero-order valence-electron chi connectivity index (χ0n) is 13.0. The minimum absolute atomic E-state index is 0.341. The van der Waals surface area contributed by atoms with Gasteiger partial charge in [-0.05, 0) is 62.2 Å². The quantitative estimate of drug-likeness (QED) is 0.926. The van der Waals surface area contributed by atoms with Crippen molar-refractivity contribution in [3.05, 3.63) is 35.4 Å². The Morgan fingerprint density at radius 1 is 1.24 bits per heavy atom. The second-order valence-corrected chi connectivity index (χ2v) is 6.74. The molecule has 1 spiro atoms. The predicted octanol–water partition coefficient (Wildman–Crippen LogP) is 2.53. The van der Waals surface area contributed by atoms with Crippen LogP contribution < -0.4 is 5.32 Å². The monoisotopic (exact) mass is 286 g/mol. The third kappa shape index (κ3) is 3.29. The molecule has 2 heterocycles. The molecular formula is C18H26N2O. The lowest BCUT2D eigenvalue weighted by Gasteiger charge is -2.33. The SMILES string of the molecule is Cc1ccccc1CCC(=O)N1CCC2(CCNCC2)C1. The molecule has 1 aromatic carbocycles. The van der Waals surface area contributed by atoms with E-state index in [4.69, 9.17) is 0 Å². The molecule has 2 saturated heterocycles. The minimum atomic E-state index is 0.341. The lowest BCUT2D eigenvalue weighted by atomic mass is 9.78. The molecule has 3 nitrogen and oxygen atoms in total. The largest absolute Gasteiger partial charge is 0.342 e. The van der Waals surface area contributed by atoms with Crippen LogP contribution in [0.4, 0.5) is 0 Å². The van der Waals surface area contributed by atoms with Gasteiger partial charge in [-0.2, -0.15) is 0 Å². The number of carbonyl (C=O) groups is 1. The summed E-state index contributed by atoms with van der Waals surface area (Å²) in [4.78, 5) is 14.6. The molecule has 0 aliphatic carbocycles. The van der Waals surface area contributed by atoms with Crippen LogP contribution >= 0.6 is 0 Å². The molecule has 21 heavy (non-hydrogen) atoms. The number of nitrogens with one attached hydrogen (secondary N) is 1. The van der Waals surface area contributed by atoms with Gasteiger partial charge in [0.2, 0.25) is 5.91 Å². The first-order valence-electron chi connectivity index (χ1n) is 8.22. The summed E-state index contributed by atoms with van der Waals surface area (Å²) in [6.07, 6.45) is 5.18. The Balaban J connectivity index is 1.53. The van der Waals surface area contributed by atoms with E-state index in [1.165, 1.54) is 30.4 Å². The van der Waals surface area contributed by atoms with Crippen molar-refractivity contribution in [2.45, 2.75) is 39.0 Å². The molecule has 0 aromatic heterocycles. The van der Waals surface area contributed by atoms with Crippen molar-refractivity contribution in [1.29, 1.82) is 0 Å². The van der Waals surface area contributed by atoms with E-state index in [1.807, 2.05) is 0 Å². The molecule has 2 aliphatic rings. The van der Waals surface area contributed by atoms with Crippen LogP contribution in [0.25, 0.3) is 0 Å². The Morgan fingerprint density at radius 2 is 2.00 bits per heavy atom. The Hall–Kier alpha value is -1.35. The van der Waals surface area contributed by atoms with Crippen LogP contribution in [0.1, 0.15) is 36.8 Å². The van der Waals surface area contributed by atoms with Gasteiger partial charge >= 0.3 is 0 Å². The zero-order valence-corrected chi connectivity index (χ0v) is 13.0. The van der Waals surface area contributed by atoms with Crippen LogP contribution in [0.3, 0.4) is 0 Å².